The zero-order valence-electron chi connectivity index (χ0n) is 24.1. The number of hydrogen-bond donors (Lipinski definition) is 0. The average Bonchev–Trinajstić information content (AvgIpc) is 2.83. The van der Waals surface area contributed by atoms with Crippen LogP contribution in [0.3, 0.4) is 0 Å². The summed E-state index contributed by atoms with van der Waals surface area (Å²) >= 11 is 0. The minimum absolute atomic E-state index is 0.0309. The molecule has 1 unspecified atom stereocenters. The number of rotatable bonds is 22. The van der Waals surface area contributed by atoms with Crippen molar-refractivity contribution in [2.24, 2.45) is 5.92 Å². The molecular weight excluding hydrogens is 428 g/mol. The molecule has 1 rings (SSSR count). The molecule has 2 nitrogen and oxygen atoms in total. The Morgan fingerprint density at radius 3 is 1.54 bits per heavy atom. The summed E-state index contributed by atoms with van der Waals surface area (Å²) in [5.74, 6) is 0.985. The van der Waals surface area contributed by atoms with Crippen LogP contribution in [-0.4, -0.2) is 5.97 Å². The molecule has 0 aromatic heterocycles. The van der Waals surface area contributed by atoms with Gasteiger partial charge in [0, 0.05) is 0 Å². The summed E-state index contributed by atoms with van der Waals surface area (Å²) in [5.41, 5.74) is 2.25. The summed E-state index contributed by atoms with van der Waals surface area (Å²) in [5, 5.41) is 0. The van der Waals surface area contributed by atoms with Crippen molar-refractivity contribution in [3.05, 3.63) is 29.3 Å². The maximum Gasteiger partial charge on any atom is 0.314 e. The van der Waals surface area contributed by atoms with Crippen LogP contribution >= 0.6 is 0 Å². The van der Waals surface area contributed by atoms with Crippen LogP contribution in [0, 0.1) is 12.8 Å². The lowest BCUT2D eigenvalue weighted by Crippen LogP contribution is -2.18. The van der Waals surface area contributed by atoms with Crippen LogP contribution < -0.4 is 4.74 Å². The summed E-state index contributed by atoms with van der Waals surface area (Å²) in [6.07, 6.45) is 25.9. The normalized spacial score (nSPS) is 12.3. The van der Waals surface area contributed by atoms with E-state index in [1.807, 2.05) is 19.9 Å². The van der Waals surface area contributed by atoms with Gasteiger partial charge in [0.25, 0.3) is 0 Å². The Kier molecular flexibility index (Phi) is 18.9. The number of carbonyl (C=O) groups excluding carboxylic acids is 1. The molecule has 0 heterocycles. The Bertz CT molecular complexity index is 648. The molecule has 0 aliphatic rings. The summed E-state index contributed by atoms with van der Waals surface area (Å²) in [7, 11) is 0. The second-order valence-corrected chi connectivity index (χ2v) is 11.3. The van der Waals surface area contributed by atoms with E-state index >= 15 is 0 Å². The topological polar surface area (TPSA) is 26.3 Å². The average molecular weight is 487 g/mol. The number of benzene rings is 1. The maximum atomic E-state index is 12.6. The first-order chi connectivity index (χ1) is 17.0. The molecule has 35 heavy (non-hydrogen) atoms. The molecule has 0 N–H and O–H groups in total. The third-order valence-corrected chi connectivity index (χ3v) is 7.39. The lowest BCUT2D eigenvalue weighted by atomic mass is 9.99. The van der Waals surface area contributed by atoms with Crippen molar-refractivity contribution >= 4 is 5.97 Å². The number of unbranched alkanes of at least 4 members (excludes halogenated alkanes) is 17. The summed E-state index contributed by atoms with van der Waals surface area (Å²) in [6.45, 7) is 10.6. The lowest BCUT2D eigenvalue weighted by molar-refractivity contribution is -0.138. The predicted octanol–water partition coefficient (Wildman–Crippen LogP) is 11.1. The highest BCUT2D eigenvalue weighted by Crippen LogP contribution is 2.28. The van der Waals surface area contributed by atoms with E-state index in [0.29, 0.717) is 5.92 Å². The molecule has 0 saturated heterocycles. The van der Waals surface area contributed by atoms with Crippen molar-refractivity contribution in [2.45, 2.75) is 163 Å². The van der Waals surface area contributed by atoms with Gasteiger partial charge in [-0.3, -0.25) is 4.79 Å². The first kappa shape index (κ1) is 31.7. The van der Waals surface area contributed by atoms with E-state index in [1.165, 1.54) is 109 Å². The van der Waals surface area contributed by atoms with Gasteiger partial charge >= 0.3 is 5.97 Å². The summed E-state index contributed by atoms with van der Waals surface area (Å²) in [4.78, 5) is 12.6. The minimum Gasteiger partial charge on any atom is -0.426 e. The van der Waals surface area contributed by atoms with Gasteiger partial charge in [-0.15, -0.1) is 0 Å². The van der Waals surface area contributed by atoms with E-state index in [1.54, 1.807) is 0 Å². The van der Waals surface area contributed by atoms with Gasteiger partial charge in [0.05, 0.1) is 5.92 Å². The second-order valence-electron chi connectivity index (χ2n) is 11.3. The Hall–Kier alpha value is -1.31. The minimum atomic E-state index is -0.0792. The highest BCUT2D eigenvalue weighted by atomic mass is 16.5. The fourth-order valence-corrected chi connectivity index (χ4v) is 4.89. The largest absolute Gasteiger partial charge is 0.426 e. The Morgan fingerprint density at radius 2 is 1.11 bits per heavy atom. The van der Waals surface area contributed by atoms with Gasteiger partial charge in [0.1, 0.15) is 5.75 Å². The van der Waals surface area contributed by atoms with Crippen molar-refractivity contribution in [1.29, 1.82) is 0 Å². The molecule has 0 fully saturated rings. The predicted molar refractivity (Wildman–Crippen MR) is 153 cm³/mol. The van der Waals surface area contributed by atoms with Gasteiger partial charge < -0.3 is 4.74 Å². The van der Waals surface area contributed by atoms with Gasteiger partial charge in [-0.05, 0) is 36.5 Å². The van der Waals surface area contributed by atoms with E-state index in [0.717, 1.165) is 29.7 Å². The molecule has 1 atom stereocenters. The van der Waals surface area contributed by atoms with E-state index in [4.69, 9.17) is 4.74 Å². The van der Waals surface area contributed by atoms with E-state index < -0.39 is 0 Å². The lowest BCUT2D eigenvalue weighted by Gasteiger charge is -2.16. The third-order valence-electron chi connectivity index (χ3n) is 7.39. The molecule has 0 radical (unpaired) electrons. The zero-order valence-corrected chi connectivity index (χ0v) is 24.1. The standard InChI is InChI=1S/C33H58O2/c1-6-7-8-9-10-11-12-13-14-15-16-17-18-19-20-21-22-23-24-30(5)33(34)35-32-27-29(4)25-26-31(32)28(2)3/h25-28,30H,6-24H2,1-5H3. The molecule has 202 valence electrons. The molecule has 0 saturated carbocycles. The number of aryl methyl sites for hydroxylation is 1. The monoisotopic (exact) mass is 486 g/mol. The molecule has 1 aromatic rings. The number of ether oxygens (including phenoxy) is 1. The van der Waals surface area contributed by atoms with Crippen LogP contribution in [0.2, 0.25) is 0 Å². The van der Waals surface area contributed by atoms with Crippen molar-refractivity contribution in [3.8, 4) is 5.75 Å². The van der Waals surface area contributed by atoms with Crippen molar-refractivity contribution < 1.29 is 9.53 Å². The third kappa shape index (κ3) is 16.1. The summed E-state index contributed by atoms with van der Waals surface area (Å²) in [6, 6.07) is 6.18. The number of carbonyl (C=O) groups is 1. The van der Waals surface area contributed by atoms with Crippen molar-refractivity contribution in [2.75, 3.05) is 0 Å². The molecule has 1 aromatic carbocycles. The van der Waals surface area contributed by atoms with Crippen LogP contribution in [0.1, 0.15) is 167 Å². The molecule has 0 spiro atoms. The van der Waals surface area contributed by atoms with Gasteiger partial charge in [0.2, 0.25) is 0 Å². The molecule has 2 heteroatoms. The Balaban J connectivity index is 1.95. The van der Waals surface area contributed by atoms with E-state index in [9.17, 15) is 4.79 Å². The second kappa shape index (κ2) is 20.8. The number of hydrogen-bond acceptors (Lipinski definition) is 2. The quantitative estimate of drug-likeness (QED) is 0.0925. The van der Waals surface area contributed by atoms with Crippen molar-refractivity contribution in [3.63, 3.8) is 0 Å². The molecular formula is C33H58O2. The first-order valence-electron chi connectivity index (χ1n) is 15.3. The van der Waals surface area contributed by atoms with Gasteiger partial charge in [-0.1, -0.05) is 155 Å². The zero-order chi connectivity index (χ0) is 25.7. The first-order valence-corrected chi connectivity index (χ1v) is 15.3. The highest BCUT2D eigenvalue weighted by molar-refractivity contribution is 5.75. The van der Waals surface area contributed by atoms with E-state index in [2.05, 4.69) is 32.9 Å². The van der Waals surface area contributed by atoms with E-state index in [-0.39, 0.29) is 11.9 Å². The number of esters is 1. The molecule has 0 bridgehead atoms. The SMILES string of the molecule is CCCCCCCCCCCCCCCCCCCCC(C)C(=O)Oc1cc(C)ccc1C(C)C. The van der Waals surface area contributed by atoms with Gasteiger partial charge in [0.15, 0.2) is 0 Å². The smallest absolute Gasteiger partial charge is 0.314 e. The highest BCUT2D eigenvalue weighted by Gasteiger charge is 2.18. The van der Waals surface area contributed by atoms with Crippen LogP contribution in [0.25, 0.3) is 0 Å². The maximum absolute atomic E-state index is 12.6. The summed E-state index contributed by atoms with van der Waals surface area (Å²) < 4.78 is 5.80. The van der Waals surface area contributed by atoms with Crippen LogP contribution in [0.15, 0.2) is 18.2 Å². The van der Waals surface area contributed by atoms with Gasteiger partial charge in [-0.25, -0.2) is 0 Å². The van der Waals surface area contributed by atoms with Crippen molar-refractivity contribution in [1.82, 2.24) is 0 Å². The Morgan fingerprint density at radius 1 is 0.686 bits per heavy atom. The van der Waals surface area contributed by atoms with Gasteiger partial charge in [-0.2, -0.15) is 0 Å². The molecule has 0 aliphatic carbocycles. The fraction of sp³-hybridized carbons (Fsp3) is 0.788. The fourth-order valence-electron chi connectivity index (χ4n) is 4.89. The Labute approximate surface area is 219 Å². The van der Waals surface area contributed by atoms with Crippen LogP contribution in [-0.2, 0) is 4.79 Å². The van der Waals surface area contributed by atoms with Crippen LogP contribution in [0.5, 0.6) is 5.75 Å². The van der Waals surface area contributed by atoms with Crippen LogP contribution in [0.4, 0.5) is 0 Å². The molecule has 0 aliphatic heterocycles. The molecule has 0 amide bonds.